The molecule has 0 radical (unpaired) electrons. The second-order valence-electron chi connectivity index (χ2n) is 5.92. The largest absolute Gasteiger partial charge is 0.376 e. The number of carbonyl (C=O) groups is 1. The van der Waals surface area contributed by atoms with E-state index in [-0.39, 0.29) is 42.5 Å². The number of likely N-dealkylation sites (N-methyl/N-ethyl adjacent to an activating group) is 1. The third-order valence-electron chi connectivity index (χ3n) is 3.72. The number of carbonyl (C=O) groups excluding carboxylic acids is 1. The zero-order chi connectivity index (χ0) is 17.2. The highest BCUT2D eigenvalue weighted by Gasteiger charge is 2.15. The highest BCUT2D eigenvalue weighted by molar-refractivity contribution is 14.0. The first-order valence-corrected chi connectivity index (χ1v) is 8.33. The summed E-state index contributed by atoms with van der Waals surface area (Å²) in [7, 11) is 3.45. The molecular weight excluding hydrogens is 437 g/mol. The van der Waals surface area contributed by atoms with Gasteiger partial charge in [0.2, 0.25) is 5.91 Å². The van der Waals surface area contributed by atoms with Gasteiger partial charge in [0.05, 0.1) is 12.3 Å². The molecule has 25 heavy (non-hydrogen) atoms. The van der Waals surface area contributed by atoms with Crippen LogP contribution in [0.3, 0.4) is 0 Å². The van der Waals surface area contributed by atoms with Crippen molar-refractivity contribution in [3.8, 4) is 0 Å². The number of ether oxygens (including phenoxy) is 1. The maximum absolute atomic E-state index is 11.7. The maximum Gasteiger partial charge on any atom is 0.243 e. The summed E-state index contributed by atoms with van der Waals surface area (Å²) in [5.74, 6) is 0.607. The molecule has 1 aromatic heterocycles. The average Bonchev–Trinajstić information content (AvgIpc) is 3.26. The van der Waals surface area contributed by atoms with Gasteiger partial charge in [-0.25, -0.2) is 4.99 Å². The fourth-order valence-electron chi connectivity index (χ4n) is 2.28. The third-order valence-corrected chi connectivity index (χ3v) is 3.72. The quantitative estimate of drug-likeness (QED) is 0.245. The molecule has 9 nitrogen and oxygen atoms in total. The van der Waals surface area contributed by atoms with Crippen molar-refractivity contribution in [1.29, 1.82) is 0 Å². The van der Waals surface area contributed by atoms with Gasteiger partial charge < -0.3 is 20.3 Å². The van der Waals surface area contributed by atoms with Gasteiger partial charge in [0, 0.05) is 46.5 Å². The van der Waals surface area contributed by atoms with Crippen molar-refractivity contribution in [2.45, 2.75) is 31.9 Å². The van der Waals surface area contributed by atoms with Crippen LogP contribution in [0.2, 0.25) is 0 Å². The zero-order valence-corrected chi connectivity index (χ0v) is 17.2. The lowest BCUT2D eigenvalue weighted by Gasteiger charge is -2.16. The molecule has 2 N–H and O–H groups in total. The maximum atomic E-state index is 11.7. The second kappa shape index (κ2) is 12.0. The van der Waals surface area contributed by atoms with Crippen LogP contribution in [0, 0.1) is 0 Å². The summed E-state index contributed by atoms with van der Waals surface area (Å²) >= 11 is 0. The number of nitrogens with zero attached hydrogens (tertiary/aromatic N) is 5. The minimum absolute atomic E-state index is 0. The van der Waals surface area contributed by atoms with E-state index >= 15 is 0 Å². The molecular formula is C15H28IN7O2. The van der Waals surface area contributed by atoms with Crippen molar-refractivity contribution in [2.75, 3.05) is 40.3 Å². The summed E-state index contributed by atoms with van der Waals surface area (Å²) in [6, 6.07) is 0. The molecule has 1 amide bonds. The van der Waals surface area contributed by atoms with Gasteiger partial charge in [-0.3, -0.25) is 9.48 Å². The van der Waals surface area contributed by atoms with Crippen LogP contribution in [0.15, 0.2) is 17.4 Å². The Morgan fingerprint density at radius 2 is 2.28 bits per heavy atom. The van der Waals surface area contributed by atoms with E-state index in [0.29, 0.717) is 12.5 Å². The van der Waals surface area contributed by atoms with Crippen LogP contribution >= 0.6 is 24.0 Å². The Labute approximate surface area is 165 Å². The smallest absolute Gasteiger partial charge is 0.243 e. The van der Waals surface area contributed by atoms with E-state index in [1.54, 1.807) is 25.0 Å². The van der Waals surface area contributed by atoms with E-state index in [9.17, 15) is 4.79 Å². The van der Waals surface area contributed by atoms with E-state index in [1.807, 2.05) is 6.20 Å². The van der Waals surface area contributed by atoms with E-state index < -0.39 is 0 Å². The molecule has 0 aromatic carbocycles. The lowest BCUT2D eigenvalue weighted by Crippen LogP contribution is -2.42. The van der Waals surface area contributed by atoms with Gasteiger partial charge in [0.25, 0.3) is 0 Å². The van der Waals surface area contributed by atoms with E-state index in [0.717, 1.165) is 39.0 Å². The molecule has 0 saturated carbocycles. The van der Waals surface area contributed by atoms with Crippen molar-refractivity contribution in [2.24, 2.45) is 4.99 Å². The first-order chi connectivity index (χ1) is 11.6. The Bertz CT molecular complexity index is 516. The fraction of sp³-hybridized carbons (Fsp3) is 0.733. The number of aryl methyl sites for hydroxylation is 1. The van der Waals surface area contributed by atoms with E-state index in [1.165, 1.54) is 4.90 Å². The van der Waals surface area contributed by atoms with Gasteiger partial charge in [0.15, 0.2) is 5.96 Å². The number of aromatic nitrogens is 3. The van der Waals surface area contributed by atoms with Crippen LogP contribution < -0.4 is 10.6 Å². The van der Waals surface area contributed by atoms with Gasteiger partial charge in [-0.15, -0.1) is 29.1 Å². The minimum Gasteiger partial charge on any atom is -0.376 e. The number of aliphatic imine (C=N–C) groups is 1. The molecule has 1 atom stereocenters. The van der Waals surface area contributed by atoms with Crippen LogP contribution in [0.5, 0.6) is 0 Å². The van der Waals surface area contributed by atoms with Crippen LogP contribution in [0.25, 0.3) is 0 Å². The van der Waals surface area contributed by atoms with Gasteiger partial charge in [-0.05, 0) is 19.3 Å². The molecule has 1 saturated heterocycles. The Kier molecular flexibility index (Phi) is 10.4. The first kappa shape index (κ1) is 21.6. The molecule has 2 rings (SSSR count). The normalized spacial score (nSPS) is 17.0. The molecule has 0 bridgehead atoms. The number of rotatable bonds is 8. The minimum atomic E-state index is -0.0316. The highest BCUT2D eigenvalue weighted by Crippen LogP contribution is 2.10. The molecule has 10 heteroatoms. The van der Waals surface area contributed by atoms with Crippen LogP contribution in [-0.4, -0.2) is 78.2 Å². The molecule has 2 heterocycles. The number of hydrogen-bond acceptors (Lipinski definition) is 5. The summed E-state index contributed by atoms with van der Waals surface area (Å²) in [6.07, 6.45) is 6.76. The molecule has 1 fully saturated rings. The molecule has 1 aliphatic rings. The summed E-state index contributed by atoms with van der Waals surface area (Å²) < 4.78 is 7.39. The van der Waals surface area contributed by atoms with E-state index in [2.05, 4.69) is 25.9 Å². The topological polar surface area (TPSA) is 96.7 Å². The Balaban J connectivity index is 0.00000312. The SMILES string of the molecule is CN(C)C(=O)CN=C(NCCCn1ccnn1)NCC1CCCO1.I. The van der Waals surface area contributed by atoms with Crippen molar-refractivity contribution < 1.29 is 9.53 Å². The predicted molar refractivity (Wildman–Crippen MR) is 106 cm³/mol. The molecule has 0 spiro atoms. The number of hydrogen-bond donors (Lipinski definition) is 2. The number of amides is 1. The van der Waals surface area contributed by atoms with E-state index in [4.69, 9.17) is 4.74 Å². The molecule has 142 valence electrons. The Morgan fingerprint density at radius 1 is 1.44 bits per heavy atom. The van der Waals surface area contributed by atoms with Gasteiger partial charge >= 0.3 is 0 Å². The van der Waals surface area contributed by atoms with Crippen molar-refractivity contribution >= 4 is 35.8 Å². The van der Waals surface area contributed by atoms with Crippen LogP contribution in [0.1, 0.15) is 19.3 Å². The number of guanidine groups is 1. The predicted octanol–water partition coefficient (Wildman–Crippen LogP) is 0.0886. The number of nitrogens with one attached hydrogen (secondary N) is 2. The Hall–Kier alpha value is -1.43. The lowest BCUT2D eigenvalue weighted by molar-refractivity contribution is -0.127. The summed E-state index contributed by atoms with van der Waals surface area (Å²) in [4.78, 5) is 17.6. The molecule has 1 aliphatic heterocycles. The Morgan fingerprint density at radius 3 is 2.92 bits per heavy atom. The molecule has 1 aromatic rings. The lowest BCUT2D eigenvalue weighted by atomic mass is 10.2. The van der Waals surface area contributed by atoms with Gasteiger partial charge in [-0.2, -0.15) is 0 Å². The van der Waals surface area contributed by atoms with Crippen LogP contribution in [-0.2, 0) is 16.1 Å². The number of halogens is 1. The summed E-state index contributed by atoms with van der Waals surface area (Å²) in [5.41, 5.74) is 0. The van der Waals surface area contributed by atoms with Crippen molar-refractivity contribution in [3.63, 3.8) is 0 Å². The fourth-order valence-corrected chi connectivity index (χ4v) is 2.28. The second-order valence-corrected chi connectivity index (χ2v) is 5.92. The summed E-state index contributed by atoms with van der Waals surface area (Å²) in [6.45, 7) is 3.15. The molecule has 0 aliphatic carbocycles. The first-order valence-electron chi connectivity index (χ1n) is 8.33. The zero-order valence-electron chi connectivity index (χ0n) is 14.8. The molecule has 1 unspecified atom stereocenters. The average molecular weight is 465 g/mol. The summed E-state index contributed by atoms with van der Waals surface area (Å²) in [5, 5.41) is 14.2. The van der Waals surface area contributed by atoms with Crippen molar-refractivity contribution in [3.05, 3.63) is 12.4 Å². The highest BCUT2D eigenvalue weighted by atomic mass is 127. The standard InChI is InChI=1S/C15H27N7O2.HI/c1-21(2)14(23)12-18-15(17-11-13-5-3-10-24-13)16-6-4-8-22-9-7-19-20-22;/h7,9,13H,3-6,8,10-12H2,1-2H3,(H2,16,17,18);1H. The third kappa shape index (κ3) is 8.47. The van der Waals surface area contributed by atoms with Crippen LogP contribution in [0.4, 0.5) is 0 Å². The van der Waals surface area contributed by atoms with Crippen molar-refractivity contribution in [1.82, 2.24) is 30.5 Å². The van der Waals surface area contributed by atoms with Gasteiger partial charge in [-0.1, -0.05) is 5.21 Å². The van der Waals surface area contributed by atoms with Gasteiger partial charge in [0.1, 0.15) is 6.54 Å². The monoisotopic (exact) mass is 465 g/mol.